The Labute approximate surface area is 124 Å². The van der Waals surface area contributed by atoms with E-state index in [1.54, 1.807) is 14.2 Å². The van der Waals surface area contributed by atoms with E-state index in [1.807, 2.05) is 54.6 Å². The molecule has 1 aliphatic carbocycles. The molecule has 0 saturated heterocycles. The highest BCUT2D eigenvalue weighted by Gasteiger charge is 2.30. The lowest BCUT2D eigenvalue weighted by atomic mass is 9.82. The monoisotopic (exact) mass is 282 g/mol. The Bertz CT molecular complexity index is 662. The van der Waals surface area contributed by atoms with Gasteiger partial charge in [0.15, 0.2) is 0 Å². The van der Waals surface area contributed by atoms with Gasteiger partial charge in [0.25, 0.3) is 0 Å². The van der Waals surface area contributed by atoms with Gasteiger partial charge < -0.3 is 14.6 Å². The smallest absolute Gasteiger partial charge is 0.126 e. The van der Waals surface area contributed by atoms with Crippen molar-refractivity contribution in [1.82, 2.24) is 0 Å². The fourth-order valence-electron chi connectivity index (χ4n) is 2.88. The Hall–Kier alpha value is -2.26. The molecule has 0 saturated carbocycles. The first-order chi connectivity index (χ1) is 10.3. The molecule has 0 aliphatic heterocycles. The minimum absolute atomic E-state index is 0.0836. The van der Waals surface area contributed by atoms with Gasteiger partial charge in [0, 0.05) is 17.0 Å². The zero-order valence-electron chi connectivity index (χ0n) is 12.1. The SMILES string of the molecule is COc1ccc(OC)c2c1C=C[C@@H](c1ccccc1)[C@H]2O. The number of rotatable bonds is 3. The van der Waals surface area contributed by atoms with Crippen molar-refractivity contribution >= 4 is 6.08 Å². The summed E-state index contributed by atoms with van der Waals surface area (Å²) in [5.74, 6) is 1.34. The normalized spacial score (nSPS) is 20.0. The van der Waals surface area contributed by atoms with Crippen LogP contribution < -0.4 is 9.47 Å². The molecule has 0 bridgehead atoms. The molecule has 1 N–H and O–H groups in total. The lowest BCUT2D eigenvalue weighted by molar-refractivity contribution is 0.155. The van der Waals surface area contributed by atoms with Crippen molar-refractivity contribution in [2.75, 3.05) is 14.2 Å². The molecule has 1 aliphatic rings. The molecule has 0 fully saturated rings. The van der Waals surface area contributed by atoms with Crippen molar-refractivity contribution in [1.29, 1.82) is 0 Å². The number of fused-ring (bicyclic) bond motifs is 1. The van der Waals surface area contributed by atoms with Gasteiger partial charge in [-0.15, -0.1) is 0 Å². The fourth-order valence-corrected chi connectivity index (χ4v) is 2.88. The van der Waals surface area contributed by atoms with Crippen molar-refractivity contribution in [2.45, 2.75) is 12.0 Å². The van der Waals surface area contributed by atoms with Crippen LogP contribution in [0.4, 0.5) is 0 Å². The average Bonchev–Trinajstić information content (AvgIpc) is 2.55. The number of aliphatic hydroxyl groups excluding tert-OH is 1. The summed E-state index contributed by atoms with van der Waals surface area (Å²) in [7, 11) is 3.25. The summed E-state index contributed by atoms with van der Waals surface area (Å²) in [6.45, 7) is 0. The van der Waals surface area contributed by atoms with Crippen LogP contribution in [0.25, 0.3) is 6.08 Å². The number of benzene rings is 2. The molecule has 3 heteroatoms. The third-order valence-electron chi connectivity index (χ3n) is 3.94. The van der Waals surface area contributed by atoms with Gasteiger partial charge in [0.05, 0.1) is 20.3 Å². The van der Waals surface area contributed by atoms with E-state index in [-0.39, 0.29) is 5.92 Å². The lowest BCUT2D eigenvalue weighted by Crippen LogP contribution is -2.15. The molecule has 0 aromatic heterocycles. The molecule has 21 heavy (non-hydrogen) atoms. The van der Waals surface area contributed by atoms with Gasteiger partial charge in [0.2, 0.25) is 0 Å². The van der Waals surface area contributed by atoms with E-state index in [4.69, 9.17) is 9.47 Å². The second-order valence-electron chi connectivity index (χ2n) is 5.04. The van der Waals surface area contributed by atoms with Crippen molar-refractivity contribution in [2.24, 2.45) is 0 Å². The largest absolute Gasteiger partial charge is 0.496 e. The van der Waals surface area contributed by atoms with Crippen molar-refractivity contribution in [3.05, 3.63) is 65.2 Å². The Morgan fingerprint density at radius 1 is 0.905 bits per heavy atom. The van der Waals surface area contributed by atoms with E-state index >= 15 is 0 Å². The number of methoxy groups -OCH3 is 2. The highest BCUT2D eigenvalue weighted by molar-refractivity contribution is 5.69. The van der Waals surface area contributed by atoms with E-state index in [9.17, 15) is 5.11 Å². The van der Waals surface area contributed by atoms with Crippen molar-refractivity contribution < 1.29 is 14.6 Å². The quantitative estimate of drug-likeness (QED) is 0.935. The minimum atomic E-state index is -0.655. The third kappa shape index (κ3) is 2.30. The van der Waals surface area contributed by atoms with E-state index in [0.717, 1.165) is 22.4 Å². The zero-order chi connectivity index (χ0) is 14.8. The van der Waals surface area contributed by atoms with Gasteiger partial charge in [-0.2, -0.15) is 0 Å². The second kappa shape index (κ2) is 5.62. The predicted octanol–water partition coefficient (Wildman–Crippen LogP) is 3.55. The standard InChI is InChI=1S/C18H18O3/c1-20-15-10-11-16(21-2)17-14(15)9-8-13(18(17)19)12-6-4-3-5-7-12/h3-11,13,18-19H,1-2H3/t13-,18+/m0/s1. The van der Waals surface area contributed by atoms with Crippen LogP contribution in [0.5, 0.6) is 11.5 Å². The first-order valence-corrected chi connectivity index (χ1v) is 6.92. The maximum absolute atomic E-state index is 10.8. The van der Waals surface area contributed by atoms with Crippen LogP contribution in [0.15, 0.2) is 48.5 Å². The van der Waals surface area contributed by atoms with Gasteiger partial charge in [-0.05, 0) is 17.7 Å². The number of hydrogen-bond acceptors (Lipinski definition) is 3. The summed E-state index contributed by atoms with van der Waals surface area (Å²) in [6.07, 6.45) is 3.36. The van der Waals surface area contributed by atoms with Crippen LogP contribution in [0.2, 0.25) is 0 Å². The summed E-state index contributed by atoms with van der Waals surface area (Å²) in [6, 6.07) is 13.7. The lowest BCUT2D eigenvalue weighted by Gasteiger charge is -2.28. The summed E-state index contributed by atoms with van der Waals surface area (Å²) in [5.41, 5.74) is 2.75. The molecule has 108 valence electrons. The number of hydrogen-bond donors (Lipinski definition) is 1. The topological polar surface area (TPSA) is 38.7 Å². The molecule has 0 amide bonds. The zero-order valence-corrected chi connectivity index (χ0v) is 12.1. The van der Waals surface area contributed by atoms with Crippen molar-refractivity contribution in [3.8, 4) is 11.5 Å². The highest BCUT2D eigenvalue weighted by atomic mass is 16.5. The summed E-state index contributed by atoms with van der Waals surface area (Å²) in [5, 5.41) is 10.8. The van der Waals surface area contributed by atoms with Crippen LogP contribution in [-0.2, 0) is 0 Å². The Balaban J connectivity index is 2.11. The molecule has 0 heterocycles. The molecule has 0 spiro atoms. The van der Waals surface area contributed by atoms with E-state index in [0.29, 0.717) is 5.75 Å². The molecule has 2 atom stereocenters. The maximum atomic E-state index is 10.8. The first-order valence-electron chi connectivity index (χ1n) is 6.92. The molecule has 0 radical (unpaired) electrons. The molecule has 0 unspecified atom stereocenters. The summed E-state index contributed by atoms with van der Waals surface area (Å²) < 4.78 is 10.8. The maximum Gasteiger partial charge on any atom is 0.126 e. The van der Waals surface area contributed by atoms with Gasteiger partial charge in [-0.3, -0.25) is 0 Å². The third-order valence-corrected chi connectivity index (χ3v) is 3.94. The molecule has 3 rings (SSSR count). The second-order valence-corrected chi connectivity index (χ2v) is 5.04. The Morgan fingerprint density at radius 2 is 1.57 bits per heavy atom. The molecular weight excluding hydrogens is 264 g/mol. The fraction of sp³-hybridized carbons (Fsp3) is 0.222. The van der Waals surface area contributed by atoms with E-state index in [2.05, 4.69) is 0 Å². The molecule has 2 aromatic carbocycles. The molecule has 2 aromatic rings. The van der Waals surface area contributed by atoms with Gasteiger partial charge >= 0.3 is 0 Å². The van der Waals surface area contributed by atoms with Crippen LogP contribution in [0.3, 0.4) is 0 Å². The Morgan fingerprint density at radius 3 is 2.24 bits per heavy atom. The van der Waals surface area contributed by atoms with Crippen LogP contribution in [-0.4, -0.2) is 19.3 Å². The van der Waals surface area contributed by atoms with Crippen molar-refractivity contribution in [3.63, 3.8) is 0 Å². The number of ether oxygens (including phenoxy) is 2. The van der Waals surface area contributed by atoms with E-state index in [1.165, 1.54) is 0 Å². The minimum Gasteiger partial charge on any atom is -0.496 e. The van der Waals surface area contributed by atoms with Crippen LogP contribution in [0.1, 0.15) is 28.7 Å². The van der Waals surface area contributed by atoms with Crippen LogP contribution >= 0.6 is 0 Å². The van der Waals surface area contributed by atoms with Gasteiger partial charge in [-0.1, -0.05) is 42.5 Å². The highest BCUT2D eigenvalue weighted by Crippen LogP contribution is 2.45. The molecule has 3 nitrogen and oxygen atoms in total. The molecular formula is C18H18O3. The Kier molecular flexibility index (Phi) is 3.67. The summed E-state index contributed by atoms with van der Waals surface area (Å²) >= 11 is 0. The van der Waals surface area contributed by atoms with Crippen LogP contribution in [0, 0.1) is 0 Å². The first kappa shape index (κ1) is 13.7. The average molecular weight is 282 g/mol. The predicted molar refractivity (Wildman–Crippen MR) is 82.7 cm³/mol. The van der Waals surface area contributed by atoms with E-state index < -0.39 is 6.10 Å². The number of aliphatic hydroxyl groups is 1. The van der Waals surface area contributed by atoms with Gasteiger partial charge in [0.1, 0.15) is 11.5 Å². The summed E-state index contributed by atoms with van der Waals surface area (Å²) in [4.78, 5) is 0. The van der Waals surface area contributed by atoms with Gasteiger partial charge in [-0.25, -0.2) is 0 Å².